The maximum atomic E-state index is 12.7. The van der Waals surface area contributed by atoms with Crippen LogP contribution >= 0.6 is 0 Å². The molecule has 0 heterocycles. The number of amides is 1. The van der Waals surface area contributed by atoms with Gasteiger partial charge in [-0.05, 0) is 117 Å². The number of rotatable bonds is 10. The summed E-state index contributed by atoms with van der Waals surface area (Å²) in [5.74, 6) is 1.32. The summed E-state index contributed by atoms with van der Waals surface area (Å²) in [5.41, 5.74) is 11.0. The first-order chi connectivity index (χ1) is 18.4. The third-order valence-corrected chi connectivity index (χ3v) is 11.8. The normalized spacial score (nSPS) is 40.9. The van der Waals surface area contributed by atoms with Gasteiger partial charge in [0.2, 0.25) is 5.91 Å². The standard InChI is InChI=1S/C30H52N4O5/c1-17(6-9-25(37)34-23(27(38)39)5-4-14-33-28(31)32)20-7-8-21-26-22(11-13-30(20,21)3)29(2)12-10-19(35)15-18(29)16-24(26)36/h17-24,26,35-36H,4-16H2,1-3H3,(H,34,37)(H,38,39)(H4,31,32,33)/t17-,18+,19-,20-,21+,22+,23?,24-,26+,29+,30-/m1/s1. The summed E-state index contributed by atoms with van der Waals surface area (Å²) in [5, 5.41) is 34.0. The minimum Gasteiger partial charge on any atom is -0.480 e. The summed E-state index contributed by atoms with van der Waals surface area (Å²) in [7, 11) is 0. The SMILES string of the molecule is C[C@H](CCC(=O)NC(CCCN=C(N)N)C(=O)O)[C@H]1CC[C@H]2[C@@H]3[C@H](O)C[C@@H]4C[C@H](O)CC[C@]4(C)[C@H]3CC[C@]12C. The van der Waals surface area contributed by atoms with Crippen molar-refractivity contribution in [2.45, 2.75) is 116 Å². The summed E-state index contributed by atoms with van der Waals surface area (Å²) in [4.78, 5) is 28.2. The molecule has 0 aliphatic heterocycles. The zero-order valence-electron chi connectivity index (χ0n) is 24.1. The van der Waals surface area contributed by atoms with Crippen LogP contribution in [0.5, 0.6) is 0 Å². The van der Waals surface area contributed by atoms with Crippen molar-refractivity contribution < 1.29 is 24.9 Å². The first-order valence-corrected chi connectivity index (χ1v) is 15.3. The number of nitrogens with two attached hydrogens (primary N) is 2. The van der Waals surface area contributed by atoms with Gasteiger partial charge < -0.3 is 32.1 Å². The van der Waals surface area contributed by atoms with Crippen LogP contribution < -0.4 is 16.8 Å². The van der Waals surface area contributed by atoms with E-state index >= 15 is 0 Å². The lowest BCUT2D eigenvalue weighted by molar-refractivity contribution is -0.174. The molecule has 39 heavy (non-hydrogen) atoms. The molecule has 1 amide bonds. The number of carbonyl (C=O) groups is 2. The number of carbonyl (C=O) groups excluding carboxylic acids is 1. The Hall–Kier alpha value is -1.87. The average Bonchev–Trinajstić information content (AvgIpc) is 3.22. The van der Waals surface area contributed by atoms with Gasteiger partial charge >= 0.3 is 5.97 Å². The van der Waals surface area contributed by atoms with E-state index in [0.717, 1.165) is 57.8 Å². The van der Waals surface area contributed by atoms with Crippen LogP contribution in [0.15, 0.2) is 4.99 Å². The van der Waals surface area contributed by atoms with Crippen molar-refractivity contribution in [3.63, 3.8) is 0 Å². The second kappa shape index (κ2) is 11.9. The Balaban J connectivity index is 1.34. The quantitative estimate of drug-likeness (QED) is 0.138. The summed E-state index contributed by atoms with van der Waals surface area (Å²) in [6.07, 6.45) is 9.45. The lowest BCUT2D eigenvalue weighted by Crippen LogP contribution is -2.58. The fraction of sp³-hybridized carbons (Fsp3) is 0.900. The van der Waals surface area contributed by atoms with E-state index in [1.807, 2.05) is 0 Å². The number of nitrogens with one attached hydrogen (secondary N) is 1. The molecule has 0 aromatic carbocycles. The summed E-state index contributed by atoms with van der Waals surface area (Å²) >= 11 is 0. The number of nitrogens with zero attached hydrogens (tertiary/aromatic N) is 1. The number of fused-ring (bicyclic) bond motifs is 5. The van der Waals surface area contributed by atoms with Gasteiger partial charge in [0.1, 0.15) is 6.04 Å². The van der Waals surface area contributed by atoms with Gasteiger partial charge in [0.25, 0.3) is 0 Å². The Morgan fingerprint density at radius 2 is 1.69 bits per heavy atom. The minimum atomic E-state index is -1.04. The molecule has 222 valence electrons. The van der Waals surface area contributed by atoms with Crippen LogP contribution in [-0.4, -0.2) is 58.0 Å². The van der Waals surface area contributed by atoms with Crippen molar-refractivity contribution in [2.75, 3.05) is 6.54 Å². The Bertz CT molecular complexity index is 925. The van der Waals surface area contributed by atoms with Gasteiger partial charge in [-0.3, -0.25) is 9.79 Å². The summed E-state index contributed by atoms with van der Waals surface area (Å²) < 4.78 is 0. The van der Waals surface area contributed by atoms with Crippen molar-refractivity contribution in [2.24, 2.45) is 62.8 Å². The zero-order valence-corrected chi connectivity index (χ0v) is 24.1. The monoisotopic (exact) mass is 548 g/mol. The Labute approximate surface area is 233 Å². The Morgan fingerprint density at radius 3 is 2.38 bits per heavy atom. The van der Waals surface area contributed by atoms with Gasteiger partial charge in [-0.15, -0.1) is 0 Å². The highest BCUT2D eigenvalue weighted by molar-refractivity contribution is 5.83. The summed E-state index contributed by atoms with van der Waals surface area (Å²) in [6, 6.07) is -0.940. The number of aliphatic hydroxyl groups is 2. The molecule has 9 heteroatoms. The van der Waals surface area contributed by atoms with Crippen LogP contribution in [0.25, 0.3) is 0 Å². The molecular formula is C30H52N4O5. The molecular weight excluding hydrogens is 496 g/mol. The zero-order chi connectivity index (χ0) is 28.5. The molecule has 1 unspecified atom stereocenters. The van der Waals surface area contributed by atoms with E-state index < -0.39 is 12.0 Å². The molecule has 0 spiro atoms. The van der Waals surface area contributed by atoms with Gasteiger partial charge in [-0.1, -0.05) is 20.8 Å². The summed E-state index contributed by atoms with van der Waals surface area (Å²) in [6.45, 7) is 7.46. The molecule has 0 saturated heterocycles. The highest BCUT2D eigenvalue weighted by Gasteiger charge is 2.62. The van der Waals surface area contributed by atoms with E-state index in [9.17, 15) is 24.9 Å². The molecule has 4 saturated carbocycles. The molecule has 8 N–H and O–H groups in total. The highest BCUT2D eigenvalue weighted by Crippen LogP contribution is 2.68. The number of carboxylic acids is 1. The Kier molecular flexibility index (Phi) is 9.21. The van der Waals surface area contributed by atoms with E-state index in [-0.39, 0.29) is 41.3 Å². The van der Waals surface area contributed by atoms with Crippen LogP contribution in [0.2, 0.25) is 0 Å². The third-order valence-electron chi connectivity index (χ3n) is 11.8. The van der Waals surface area contributed by atoms with Gasteiger partial charge in [0.05, 0.1) is 12.2 Å². The smallest absolute Gasteiger partial charge is 0.326 e. The van der Waals surface area contributed by atoms with Crippen LogP contribution in [-0.2, 0) is 9.59 Å². The Morgan fingerprint density at radius 1 is 1.00 bits per heavy atom. The molecule has 0 aromatic heterocycles. The van der Waals surface area contributed by atoms with E-state index in [1.54, 1.807) is 0 Å². The first kappa shape index (κ1) is 30.1. The average molecular weight is 549 g/mol. The molecule has 0 bridgehead atoms. The van der Waals surface area contributed by atoms with Crippen molar-refractivity contribution >= 4 is 17.8 Å². The third kappa shape index (κ3) is 6.09. The predicted molar refractivity (Wildman–Crippen MR) is 150 cm³/mol. The highest BCUT2D eigenvalue weighted by atomic mass is 16.4. The van der Waals surface area contributed by atoms with Crippen molar-refractivity contribution in [3.8, 4) is 0 Å². The maximum absolute atomic E-state index is 12.7. The fourth-order valence-electron chi connectivity index (χ4n) is 9.76. The molecule has 4 aliphatic carbocycles. The number of aliphatic hydroxyl groups excluding tert-OH is 2. The van der Waals surface area contributed by atoms with Crippen molar-refractivity contribution in [1.29, 1.82) is 0 Å². The maximum Gasteiger partial charge on any atom is 0.326 e. The molecule has 9 nitrogen and oxygen atoms in total. The fourth-order valence-corrected chi connectivity index (χ4v) is 9.76. The second-order valence-electron chi connectivity index (χ2n) is 13.9. The van der Waals surface area contributed by atoms with Gasteiger partial charge in [0, 0.05) is 13.0 Å². The number of carboxylic acid groups (broad SMARTS) is 1. The number of aliphatic carboxylic acids is 1. The molecule has 11 atom stereocenters. The topological polar surface area (TPSA) is 171 Å². The second-order valence-corrected chi connectivity index (χ2v) is 13.9. The van der Waals surface area contributed by atoms with Crippen LogP contribution in [0.1, 0.15) is 97.8 Å². The van der Waals surface area contributed by atoms with E-state index in [1.165, 1.54) is 0 Å². The van der Waals surface area contributed by atoms with Crippen molar-refractivity contribution in [3.05, 3.63) is 0 Å². The lowest BCUT2D eigenvalue weighted by Gasteiger charge is -2.62. The molecule has 4 aliphatic rings. The van der Waals surface area contributed by atoms with Gasteiger partial charge in [-0.2, -0.15) is 0 Å². The molecule has 4 rings (SSSR count). The van der Waals surface area contributed by atoms with Gasteiger partial charge in [0.15, 0.2) is 5.96 Å². The van der Waals surface area contributed by atoms with Crippen molar-refractivity contribution in [1.82, 2.24) is 5.32 Å². The predicted octanol–water partition coefficient (Wildman–Crippen LogP) is 3.02. The van der Waals surface area contributed by atoms with E-state index in [4.69, 9.17) is 11.5 Å². The van der Waals surface area contributed by atoms with E-state index in [0.29, 0.717) is 54.9 Å². The molecule has 4 fully saturated rings. The number of aliphatic imine (C=N–C) groups is 1. The number of hydrogen-bond donors (Lipinski definition) is 6. The largest absolute Gasteiger partial charge is 0.480 e. The lowest BCUT2D eigenvalue weighted by atomic mass is 9.43. The first-order valence-electron chi connectivity index (χ1n) is 15.3. The van der Waals surface area contributed by atoms with Crippen LogP contribution in [0, 0.1) is 46.3 Å². The van der Waals surface area contributed by atoms with E-state index in [2.05, 4.69) is 31.1 Å². The number of hydrogen-bond acceptors (Lipinski definition) is 5. The molecule has 0 radical (unpaired) electrons. The van der Waals surface area contributed by atoms with Crippen LogP contribution in [0.3, 0.4) is 0 Å². The van der Waals surface area contributed by atoms with Gasteiger partial charge in [-0.25, -0.2) is 4.79 Å². The number of guanidine groups is 1. The minimum absolute atomic E-state index is 0.0264. The van der Waals surface area contributed by atoms with Crippen LogP contribution in [0.4, 0.5) is 0 Å². The molecule has 0 aromatic rings.